The lowest BCUT2D eigenvalue weighted by molar-refractivity contribution is -0.140. The molecule has 0 aromatic heterocycles. The molecule has 6 heteroatoms. The van der Waals surface area contributed by atoms with Gasteiger partial charge < -0.3 is 5.73 Å². The Balaban J connectivity index is 2.31. The zero-order chi connectivity index (χ0) is 15.8. The van der Waals surface area contributed by atoms with E-state index in [9.17, 15) is 17.6 Å². The fourth-order valence-corrected chi connectivity index (χ4v) is 2.88. The second-order valence-electron chi connectivity index (χ2n) is 6.37. The lowest BCUT2D eigenvalue weighted by atomic mass is 9.93. The van der Waals surface area contributed by atoms with Crippen LogP contribution in [0, 0.1) is 11.2 Å². The van der Waals surface area contributed by atoms with Crippen molar-refractivity contribution in [1.82, 2.24) is 4.90 Å². The molecule has 0 amide bonds. The van der Waals surface area contributed by atoms with Crippen LogP contribution in [0.15, 0.2) is 18.2 Å². The summed E-state index contributed by atoms with van der Waals surface area (Å²) in [7, 11) is 0. The van der Waals surface area contributed by atoms with Crippen molar-refractivity contribution in [2.24, 2.45) is 11.1 Å². The normalized spacial score (nSPS) is 20.7. The zero-order valence-electron chi connectivity index (χ0n) is 12.2. The first-order valence-corrected chi connectivity index (χ1v) is 6.95. The van der Waals surface area contributed by atoms with E-state index in [1.807, 2.05) is 0 Å². The molecule has 2 rings (SSSR count). The van der Waals surface area contributed by atoms with Crippen LogP contribution in [-0.4, -0.2) is 24.5 Å². The van der Waals surface area contributed by atoms with Crippen LogP contribution in [0.5, 0.6) is 0 Å². The molecule has 21 heavy (non-hydrogen) atoms. The van der Waals surface area contributed by atoms with Crippen molar-refractivity contribution in [2.45, 2.75) is 32.5 Å². The maximum absolute atomic E-state index is 13.4. The number of hydrogen-bond acceptors (Lipinski definition) is 2. The third kappa shape index (κ3) is 3.55. The molecule has 0 radical (unpaired) electrons. The van der Waals surface area contributed by atoms with E-state index in [4.69, 9.17) is 5.73 Å². The van der Waals surface area contributed by atoms with Gasteiger partial charge in [-0.15, -0.1) is 0 Å². The highest BCUT2D eigenvalue weighted by molar-refractivity contribution is 5.30. The van der Waals surface area contributed by atoms with E-state index in [-0.39, 0.29) is 18.0 Å². The van der Waals surface area contributed by atoms with Gasteiger partial charge in [-0.2, -0.15) is 13.2 Å². The van der Waals surface area contributed by atoms with Crippen LogP contribution in [0.4, 0.5) is 17.6 Å². The molecule has 0 saturated carbocycles. The van der Waals surface area contributed by atoms with Gasteiger partial charge in [0.15, 0.2) is 0 Å². The summed E-state index contributed by atoms with van der Waals surface area (Å²) in [5.74, 6) is -1.25. The molecule has 1 fully saturated rings. The largest absolute Gasteiger partial charge is 0.419 e. The maximum atomic E-state index is 13.4. The van der Waals surface area contributed by atoms with Gasteiger partial charge in [0.2, 0.25) is 0 Å². The van der Waals surface area contributed by atoms with Crippen LogP contribution in [0.3, 0.4) is 0 Å². The van der Waals surface area contributed by atoms with E-state index in [0.29, 0.717) is 5.56 Å². The summed E-state index contributed by atoms with van der Waals surface area (Å²) < 4.78 is 51.8. The Morgan fingerprint density at radius 1 is 1.33 bits per heavy atom. The van der Waals surface area contributed by atoms with Crippen molar-refractivity contribution in [3.05, 3.63) is 35.1 Å². The summed E-state index contributed by atoms with van der Waals surface area (Å²) in [5, 5.41) is 0. The highest BCUT2D eigenvalue weighted by atomic mass is 19.4. The number of alkyl halides is 3. The Kier molecular flexibility index (Phi) is 4.31. The molecule has 1 saturated heterocycles. The summed E-state index contributed by atoms with van der Waals surface area (Å²) in [4.78, 5) is 2.08. The van der Waals surface area contributed by atoms with Gasteiger partial charge in [0.25, 0.3) is 0 Å². The number of nitrogens with zero attached hydrogens (tertiary/aromatic N) is 1. The molecule has 0 aliphatic carbocycles. The lowest BCUT2D eigenvalue weighted by Gasteiger charge is -2.29. The second kappa shape index (κ2) is 5.57. The molecule has 0 bridgehead atoms. The molecule has 2 N–H and O–H groups in total. The van der Waals surface area contributed by atoms with Gasteiger partial charge in [0.1, 0.15) is 5.82 Å². The standard InChI is InChI=1S/C15H20F4N2/c1-14(2)5-6-21(9-14)13(8-20)10-3-4-12(16)11(7-10)15(17,18)19/h3-4,7,13H,5-6,8-9,20H2,1-2H3. The van der Waals surface area contributed by atoms with Gasteiger partial charge >= 0.3 is 6.18 Å². The van der Waals surface area contributed by atoms with Crippen molar-refractivity contribution in [3.8, 4) is 0 Å². The summed E-state index contributed by atoms with van der Waals surface area (Å²) in [5.41, 5.74) is 5.07. The van der Waals surface area contributed by atoms with Gasteiger partial charge in [-0.05, 0) is 36.1 Å². The Hall–Kier alpha value is -1.14. The maximum Gasteiger partial charge on any atom is 0.419 e. The molecule has 1 atom stereocenters. The first-order valence-electron chi connectivity index (χ1n) is 6.95. The van der Waals surface area contributed by atoms with Crippen LogP contribution in [0.1, 0.15) is 37.4 Å². The SMILES string of the molecule is CC1(C)CCN(C(CN)c2ccc(F)c(C(F)(F)F)c2)C1. The van der Waals surface area contributed by atoms with Crippen LogP contribution < -0.4 is 5.73 Å². The Morgan fingerprint density at radius 2 is 2.00 bits per heavy atom. The first kappa shape index (κ1) is 16.2. The van der Waals surface area contributed by atoms with E-state index in [2.05, 4.69) is 18.7 Å². The first-order chi connectivity index (χ1) is 9.64. The summed E-state index contributed by atoms with van der Waals surface area (Å²) in [6, 6.07) is 2.85. The molecular weight excluding hydrogens is 284 g/mol. The van der Waals surface area contributed by atoms with E-state index >= 15 is 0 Å². The minimum absolute atomic E-state index is 0.125. The number of benzene rings is 1. The topological polar surface area (TPSA) is 29.3 Å². The van der Waals surface area contributed by atoms with Gasteiger partial charge in [0.05, 0.1) is 5.56 Å². The molecule has 118 valence electrons. The predicted octanol–water partition coefficient (Wildman–Crippen LogP) is 3.58. The minimum Gasteiger partial charge on any atom is -0.329 e. The van der Waals surface area contributed by atoms with Gasteiger partial charge in [-0.1, -0.05) is 19.9 Å². The van der Waals surface area contributed by atoms with Crippen LogP contribution in [0.2, 0.25) is 0 Å². The number of likely N-dealkylation sites (tertiary alicyclic amines) is 1. The van der Waals surface area contributed by atoms with Crippen molar-refractivity contribution in [2.75, 3.05) is 19.6 Å². The van der Waals surface area contributed by atoms with E-state index in [0.717, 1.165) is 31.6 Å². The minimum atomic E-state index is -4.69. The number of rotatable bonds is 3. The third-order valence-electron chi connectivity index (χ3n) is 4.05. The Bertz CT molecular complexity index is 511. The van der Waals surface area contributed by atoms with E-state index < -0.39 is 17.6 Å². The van der Waals surface area contributed by atoms with Crippen molar-refractivity contribution in [1.29, 1.82) is 0 Å². The molecule has 1 aliphatic heterocycles. The molecule has 1 aromatic carbocycles. The average Bonchev–Trinajstić information content (AvgIpc) is 2.71. The molecule has 0 spiro atoms. The predicted molar refractivity (Wildman–Crippen MR) is 73.2 cm³/mol. The Labute approximate surface area is 121 Å². The van der Waals surface area contributed by atoms with Crippen molar-refractivity contribution in [3.63, 3.8) is 0 Å². The highest BCUT2D eigenvalue weighted by Crippen LogP contribution is 2.37. The van der Waals surface area contributed by atoms with Crippen LogP contribution >= 0.6 is 0 Å². The zero-order valence-corrected chi connectivity index (χ0v) is 12.2. The van der Waals surface area contributed by atoms with Gasteiger partial charge in [-0.3, -0.25) is 4.90 Å². The third-order valence-corrected chi connectivity index (χ3v) is 4.05. The lowest BCUT2D eigenvalue weighted by Crippen LogP contribution is -2.33. The van der Waals surface area contributed by atoms with Crippen molar-refractivity contribution < 1.29 is 17.6 Å². The number of nitrogens with two attached hydrogens (primary N) is 1. The summed E-state index contributed by atoms with van der Waals surface area (Å²) >= 11 is 0. The highest BCUT2D eigenvalue weighted by Gasteiger charge is 2.37. The molecule has 1 unspecified atom stereocenters. The fraction of sp³-hybridized carbons (Fsp3) is 0.600. The summed E-state index contributed by atoms with van der Waals surface area (Å²) in [6.45, 7) is 6.00. The second-order valence-corrected chi connectivity index (χ2v) is 6.37. The van der Waals surface area contributed by atoms with Gasteiger partial charge in [0, 0.05) is 19.1 Å². The molecule has 1 aromatic rings. The number of hydrogen-bond donors (Lipinski definition) is 1. The van der Waals surface area contributed by atoms with E-state index in [1.165, 1.54) is 6.07 Å². The van der Waals surface area contributed by atoms with Crippen LogP contribution in [0.25, 0.3) is 0 Å². The van der Waals surface area contributed by atoms with Crippen LogP contribution in [-0.2, 0) is 6.18 Å². The molecule has 1 aliphatic rings. The van der Waals surface area contributed by atoms with E-state index in [1.54, 1.807) is 0 Å². The monoisotopic (exact) mass is 304 g/mol. The van der Waals surface area contributed by atoms with Crippen molar-refractivity contribution >= 4 is 0 Å². The smallest absolute Gasteiger partial charge is 0.329 e. The van der Waals surface area contributed by atoms with Gasteiger partial charge in [-0.25, -0.2) is 4.39 Å². The number of halogens is 4. The summed E-state index contributed by atoms with van der Waals surface area (Å²) in [6.07, 6.45) is -3.72. The fourth-order valence-electron chi connectivity index (χ4n) is 2.88. The quantitative estimate of drug-likeness (QED) is 0.865. The average molecular weight is 304 g/mol. The molecular formula is C15H20F4N2. The molecule has 2 nitrogen and oxygen atoms in total. The Morgan fingerprint density at radius 3 is 2.48 bits per heavy atom. The molecule has 1 heterocycles.